The molecule has 0 saturated carbocycles. The first-order valence-corrected chi connectivity index (χ1v) is 5.66. The van der Waals surface area contributed by atoms with Gasteiger partial charge in [0, 0.05) is 20.2 Å². The van der Waals surface area contributed by atoms with Gasteiger partial charge in [-0.25, -0.2) is 9.59 Å². The summed E-state index contributed by atoms with van der Waals surface area (Å²) in [5.74, 6) is -0.998. The molecular formula is C10H11ClN4O5. The Morgan fingerprint density at radius 1 is 1.15 bits per heavy atom. The summed E-state index contributed by atoms with van der Waals surface area (Å²) in [4.78, 5) is 56.2. The molecule has 0 spiro atoms. The topological polar surface area (TPSA) is 121 Å². The van der Waals surface area contributed by atoms with Crippen molar-refractivity contribution in [3.05, 3.63) is 32.1 Å². The SMILES string of the molecule is CN1C(=O)CC(=O)NC1=O.Cn1c(=O)cc(Cl)[nH]c1=O. The van der Waals surface area contributed by atoms with Crippen LogP contribution in [0.4, 0.5) is 4.79 Å². The van der Waals surface area contributed by atoms with Crippen LogP contribution >= 0.6 is 11.6 Å². The molecule has 1 aliphatic heterocycles. The number of carbonyl (C=O) groups is 3. The lowest BCUT2D eigenvalue weighted by atomic mass is 10.3. The van der Waals surface area contributed by atoms with Crippen molar-refractivity contribution in [1.29, 1.82) is 0 Å². The van der Waals surface area contributed by atoms with E-state index in [2.05, 4.69) is 4.98 Å². The third kappa shape index (κ3) is 3.79. The van der Waals surface area contributed by atoms with Gasteiger partial charge in [0.25, 0.3) is 5.56 Å². The highest BCUT2D eigenvalue weighted by molar-refractivity contribution is 6.29. The Hall–Kier alpha value is -2.42. The largest absolute Gasteiger partial charge is 0.330 e. The van der Waals surface area contributed by atoms with Crippen LogP contribution in [0.1, 0.15) is 6.42 Å². The normalized spacial score (nSPS) is 14.6. The summed E-state index contributed by atoms with van der Waals surface area (Å²) in [5, 5.41) is 2.05. The lowest BCUT2D eigenvalue weighted by Gasteiger charge is -2.19. The Kier molecular flexibility index (Phi) is 4.81. The van der Waals surface area contributed by atoms with Crippen molar-refractivity contribution in [3.8, 4) is 0 Å². The highest BCUT2D eigenvalue weighted by Crippen LogP contribution is 1.97. The van der Waals surface area contributed by atoms with Crippen molar-refractivity contribution in [3.63, 3.8) is 0 Å². The Morgan fingerprint density at radius 3 is 2.25 bits per heavy atom. The van der Waals surface area contributed by atoms with E-state index < -0.39 is 29.1 Å². The predicted octanol–water partition coefficient (Wildman–Crippen LogP) is -1.19. The van der Waals surface area contributed by atoms with Gasteiger partial charge < -0.3 is 0 Å². The maximum atomic E-state index is 10.7. The van der Waals surface area contributed by atoms with Crippen LogP contribution in [0.15, 0.2) is 15.7 Å². The van der Waals surface area contributed by atoms with Gasteiger partial charge in [0.05, 0.1) is 0 Å². The van der Waals surface area contributed by atoms with Crippen LogP contribution in [-0.4, -0.2) is 39.3 Å². The van der Waals surface area contributed by atoms with Gasteiger partial charge >= 0.3 is 11.7 Å². The number of urea groups is 1. The lowest BCUT2D eigenvalue weighted by Crippen LogP contribution is -2.50. The molecule has 0 radical (unpaired) electrons. The molecule has 2 N–H and O–H groups in total. The van der Waals surface area contributed by atoms with Crippen LogP contribution in [0.2, 0.25) is 5.15 Å². The number of carbonyl (C=O) groups excluding carboxylic acids is 3. The Labute approximate surface area is 117 Å². The third-order valence-corrected chi connectivity index (χ3v) is 2.55. The summed E-state index contributed by atoms with van der Waals surface area (Å²) < 4.78 is 0.936. The van der Waals surface area contributed by atoms with Crippen LogP contribution < -0.4 is 16.6 Å². The molecule has 0 atom stereocenters. The van der Waals surface area contributed by atoms with Crippen molar-refractivity contribution in [1.82, 2.24) is 19.8 Å². The van der Waals surface area contributed by atoms with Gasteiger partial charge in [-0.1, -0.05) is 11.6 Å². The summed E-state index contributed by atoms with van der Waals surface area (Å²) in [7, 11) is 2.70. The minimum atomic E-state index is -0.652. The molecule has 108 valence electrons. The van der Waals surface area contributed by atoms with Gasteiger partial charge in [-0.05, 0) is 0 Å². The number of H-pyrrole nitrogens is 1. The summed E-state index contributed by atoms with van der Waals surface area (Å²) in [5.41, 5.74) is -0.911. The summed E-state index contributed by atoms with van der Waals surface area (Å²) >= 11 is 5.35. The molecule has 4 amide bonds. The monoisotopic (exact) mass is 302 g/mol. The molecule has 1 aromatic rings. The van der Waals surface area contributed by atoms with Crippen molar-refractivity contribution < 1.29 is 14.4 Å². The zero-order valence-electron chi connectivity index (χ0n) is 10.6. The summed E-state index contributed by atoms with van der Waals surface area (Å²) in [6, 6.07) is 0.490. The Balaban J connectivity index is 0.000000200. The summed E-state index contributed by atoms with van der Waals surface area (Å²) in [6.45, 7) is 0. The van der Waals surface area contributed by atoms with Gasteiger partial charge in [-0.2, -0.15) is 0 Å². The van der Waals surface area contributed by atoms with E-state index in [0.29, 0.717) is 0 Å². The maximum absolute atomic E-state index is 10.7. The molecule has 1 aliphatic rings. The van der Waals surface area contributed by atoms with Crippen LogP contribution in [0.5, 0.6) is 0 Å². The molecule has 1 aromatic heterocycles. The molecule has 10 heteroatoms. The van der Waals surface area contributed by atoms with Gasteiger partial charge in [-0.15, -0.1) is 0 Å². The number of halogens is 1. The molecule has 9 nitrogen and oxygen atoms in total. The fraction of sp³-hybridized carbons (Fsp3) is 0.300. The van der Waals surface area contributed by atoms with E-state index in [4.69, 9.17) is 11.6 Å². The highest BCUT2D eigenvalue weighted by atomic mass is 35.5. The van der Waals surface area contributed by atoms with E-state index in [1.165, 1.54) is 14.1 Å². The fourth-order valence-electron chi connectivity index (χ4n) is 1.14. The molecule has 1 fully saturated rings. The molecule has 0 aliphatic carbocycles. The van der Waals surface area contributed by atoms with Gasteiger partial charge in [-0.3, -0.25) is 34.2 Å². The number of barbiturate groups is 1. The van der Waals surface area contributed by atoms with E-state index >= 15 is 0 Å². The first kappa shape index (κ1) is 15.6. The smallest absolute Gasteiger partial charge is 0.298 e. The first-order valence-electron chi connectivity index (χ1n) is 5.28. The second-order valence-corrected chi connectivity index (χ2v) is 4.21. The number of nitrogens with one attached hydrogen (secondary N) is 2. The molecule has 0 aromatic carbocycles. The zero-order valence-corrected chi connectivity index (χ0v) is 11.4. The molecular weight excluding hydrogens is 292 g/mol. The highest BCUT2D eigenvalue weighted by Gasteiger charge is 2.26. The van der Waals surface area contributed by atoms with Crippen LogP contribution in [-0.2, 0) is 16.6 Å². The quantitative estimate of drug-likeness (QED) is 0.461. The van der Waals surface area contributed by atoms with E-state index in [1.54, 1.807) is 0 Å². The van der Waals surface area contributed by atoms with Gasteiger partial charge in [0.1, 0.15) is 11.6 Å². The summed E-state index contributed by atoms with van der Waals surface area (Å²) in [6.07, 6.45) is -0.234. The van der Waals surface area contributed by atoms with Gasteiger partial charge in [0.15, 0.2) is 0 Å². The second-order valence-electron chi connectivity index (χ2n) is 3.80. The van der Waals surface area contributed by atoms with Crippen LogP contribution in [0.3, 0.4) is 0 Å². The van der Waals surface area contributed by atoms with Crippen LogP contribution in [0, 0.1) is 0 Å². The predicted molar refractivity (Wildman–Crippen MR) is 68.2 cm³/mol. The lowest BCUT2D eigenvalue weighted by molar-refractivity contribution is -0.135. The number of aromatic amines is 1. The van der Waals surface area contributed by atoms with E-state index in [1.807, 2.05) is 5.32 Å². The van der Waals surface area contributed by atoms with Crippen molar-refractivity contribution in [2.24, 2.45) is 7.05 Å². The number of aromatic nitrogens is 2. The van der Waals surface area contributed by atoms with E-state index in [-0.39, 0.29) is 11.6 Å². The number of rotatable bonds is 0. The molecule has 2 heterocycles. The molecule has 1 saturated heterocycles. The Morgan fingerprint density at radius 2 is 1.75 bits per heavy atom. The molecule has 2 rings (SSSR count). The van der Waals surface area contributed by atoms with Crippen LogP contribution in [0.25, 0.3) is 0 Å². The van der Waals surface area contributed by atoms with Gasteiger partial charge in [0.2, 0.25) is 11.8 Å². The number of imide groups is 2. The average Bonchev–Trinajstić information content (AvgIpc) is 2.33. The molecule has 0 bridgehead atoms. The molecule has 20 heavy (non-hydrogen) atoms. The zero-order chi connectivity index (χ0) is 15.4. The number of hydrogen-bond acceptors (Lipinski definition) is 5. The fourth-order valence-corrected chi connectivity index (χ4v) is 1.32. The average molecular weight is 303 g/mol. The van der Waals surface area contributed by atoms with E-state index in [9.17, 15) is 24.0 Å². The van der Waals surface area contributed by atoms with Crippen molar-refractivity contribution in [2.45, 2.75) is 6.42 Å². The minimum absolute atomic E-state index is 0.0631. The number of hydrogen-bond donors (Lipinski definition) is 2. The van der Waals surface area contributed by atoms with Crippen molar-refractivity contribution >= 4 is 29.4 Å². The van der Waals surface area contributed by atoms with E-state index in [0.717, 1.165) is 15.5 Å². The second kappa shape index (κ2) is 6.15. The standard InChI is InChI=1S/C5H5ClN2O2.C5H6N2O3/c1-8-4(9)2-3(6)7-5(8)10;1-7-4(9)2-3(8)6-5(7)10/h2H,1H3,(H,7,10);2H2,1H3,(H,6,8,10). The maximum Gasteiger partial charge on any atom is 0.330 e. The first-order chi connectivity index (χ1) is 9.22. The number of amides is 4. The Bertz CT molecular complexity index is 626. The number of nitrogens with zero attached hydrogens (tertiary/aromatic N) is 2. The molecule has 0 unspecified atom stereocenters. The minimum Gasteiger partial charge on any atom is -0.298 e. The third-order valence-electron chi connectivity index (χ3n) is 2.35. The van der Waals surface area contributed by atoms with Crippen molar-refractivity contribution in [2.75, 3.05) is 7.05 Å².